The van der Waals surface area contributed by atoms with Crippen LogP contribution in [0.15, 0.2) is 59.4 Å². The zero-order valence-corrected chi connectivity index (χ0v) is 19.9. The summed E-state index contributed by atoms with van der Waals surface area (Å²) in [6.07, 6.45) is 2.62. The monoisotopic (exact) mass is 456 g/mol. The predicted molar refractivity (Wildman–Crippen MR) is 132 cm³/mol. The number of aromatic nitrogens is 1. The van der Waals surface area contributed by atoms with E-state index in [0.29, 0.717) is 30.3 Å². The maximum atomic E-state index is 13.3. The highest BCUT2D eigenvalue weighted by Crippen LogP contribution is 2.20. The third kappa shape index (κ3) is 7.09. The number of nitrogens with zero attached hydrogens (tertiary/aromatic N) is 1. The van der Waals surface area contributed by atoms with Crippen LogP contribution in [0.2, 0.25) is 5.02 Å². The smallest absolute Gasteiger partial charge is 0.255 e. The molecule has 0 radical (unpaired) electrons. The first-order valence-electron chi connectivity index (χ1n) is 11.2. The van der Waals surface area contributed by atoms with Gasteiger partial charge in [0.15, 0.2) is 0 Å². The largest absolute Gasteiger partial charge is 0.492 e. The summed E-state index contributed by atoms with van der Waals surface area (Å²) in [4.78, 5) is 13.3. The van der Waals surface area contributed by atoms with E-state index in [1.54, 1.807) is 4.57 Å². The lowest BCUT2D eigenvalue weighted by Gasteiger charge is -2.19. The van der Waals surface area contributed by atoms with Crippen LogP contribution in [0.25, 0.3) is 10.9 Å². The third-order valence-electron chi connectivity index (χ3n) is 5.53. The summed E-state index contributed by atoms with van der Waals surface area (Å²) in [5, 5.41) is 14.9. The summed E-state index contributed by atoms with van der Waals surface area (Å²) in [5.41, 5.74) is 0.845. The molecule has 0 bridgehead atoms. The number of halogens is 1. The van der Waals surface area contributed by atoms with Crippen LogP contribution >= 0.6 is 11.6 Å². The average molecular weight is 457 g/mol. The van der Waals surface area contributed by atoms with Crippen LogP contribution < -0.4 is 15.6 Å². The minimum absolute atomic E-state index is 0.0346. The molecule has 5 nitrogen and oxygen atoms in total. The van der Waals surface area contributed by atoms with E-state index in [9.17, 15) is 9.90 Å². The molecule has 1 heterocycles. The Morgan fingerprint density at radius 1 is 1.16 bits per heavy atom. The van der Waals surface area contributed by atoms with E-state index in [0.717, 1.165) is 35.9 Å². The number of rotatable bonds is 11. The number of aliphatic hydroxyl groups is 1. The third-order valence-corrected chi connectivity index (χ3v) is 5.76. The van der Waals surface area contributed by atoms with Crippen molar-refractivity contribution in [1.82, 2.24) is 9.88 Å². The predicted octanol–water partition coefficient (Wildman–Crippen LogP) is 5.15. The van der Waals surface area contributed by atoms with Crippen molar-refractivity contribution in [3.63, 3.8) is 0 Å². The SMILES string of the molecule is CC(CCCC(C)(C)O)NCc1cc2ccc(Cl)cc2n(CCOc2ccccc2)c1=O. The van der Waals surface area contributed by atoms with Gasteiger partial charge in [0.05, 0.1) is 17.7 Å². The minimum Gasteiger partial charge on any atom is -0.492 e. The van der Waals surface area contributed by atoms with E-state index in [1.807, 2.05) is 68.4 Å². The first-order chi connectivity index (χ1) is 15.2. The first-order valence-corrected chi connectivity index (χ1v) is 11.6. The van der Waals surface area contributed by atoms with Crippen molar-refractivity contribution in [3.8, 4) is 5.75 Å². The molecular formula is C26H33ClN2O3. The lowest BCUT2D eigenvalue weighted by Crippen LogP contribution is -2.32. The van der Waals surface area contributed by atoms with Crippen LogP contribution in [0, 0.1) is 0 Å². The Kier molecular flexibility index (Phi) is 8.35. The van der Waals surface area contributed by atoms with Gasteiger partial charge in [-0.2, -0.15) is 0 Å². The van der Waals surface area contributed by atoms with Gasteiger partial charge < -0.3 is 19.7 Å². The molecule has 2 N–H and O–H groups in total. The summed E-state index contributed by atoms with van der Waals surface area (Å²) in [7, 11) is 0. The van der Waals surface area contributed by atoms with E-state index in [4.69, 9.17) is 16.3 Å². The molecule has 0 amide bonds. The number of hydrogen-bond donors (Lipinski definition) is 2. The standard InChI is InChI=1S/C26H33ClN2O3/c1-19(8-7-13-26(2,3)31)28-18-21-16-20-11-12-22(27)17-24(20)29(25(21)30)14-15-32-23-9-5-4-6-10-23/h4-6,9-12,16-17,19,28,31H,7-8,13-15,18H2,1-3H3. The average Bonchev–Trinajstić information content (AvgIpc) is 2.74. The fourth-order valence-corrected chi connectivity index (χ4v) is 3.92. The van der Waals surface area contributed by atoms with E-state index in [1.165, 1.54) is 0 Å². The number of para-hydroxylation sites is 1. The van der Waals surface area contributed by atoms with Crippen molar-refractivity contribution in [3.05, 3.63) is 75.5 Å². The summed E-state index contributed by atoms with van der Waals surface area (Å²) in [6.45, 7) is 7.07. The van der Waals surface area contributed by atoms with Crippen molar-refractivity contribution in [1.29, 1.82) is 0 Å². The Bertz CT molecular complexity index is 1070. The molecule has 0 aliphatic heterocycles. The Morgan fingerprint density at radius 3 is 2.62 bits per heavy atom. The maximum absolute atomic E-state index is 13.3. The second kappa shape index (κ2) is 11.0. The zero-order valence-electron chi connectivity index (χ0n) is 19.1. The lowest BCUT2D eigenvalue weighted by molar-refractivity contribution is 0.0675. The van der Waals surface area contributed by atoms with Gasteiger partial charge in [-0.05, 0) is 75.8 Å². The first kappa shape index (κ1) is 24.3. The fraction of sp³-hybridized carbons (Fsp3) is 0.423. The molecule has 0 aliphatic carbocycles. The molecular weight excluding hydrogens is 424 g/mol. The zero-order chi connectivity index (χ0) is 23.1. The number of benzene rings is 2. The minimum atomic E-state index is -0.644. The topological polar surface area (TPSA) is 63.5 Å². The Morgan fingerprint density at radius 2 is 1.91 bits per heavy atom. The fourth-order valence-electron chi connectivity index (χ4n) is 3.75. The van der Waals surface area contributed by atoms with Crippen LogP contribution in [0.3, 0.4) is 0 Å². The molecule has 0 spiro atoms. The molecule has 2 aromatic carbocycles. The van der Waals surface area contributed by atoms with Gasteiger partial charge in [0.2, 0.25) is 0 Å². The van der Waals surface area contributed by atoms with Gasteiger partial charge in [0, 0.05) is 23.2 Å². The number of pyridine rings is 1. The van der Waals surface area contributed by atoms with Gasteiger partial charge in [-0.1, -0.05) is 35.9 Å². The number of nitrogens with one attached hydrogen (secondary N) is 1. The molecule has 0 saturated heterocycles. The van der Waals surface area contributed by atoms with Crippen LogP contribution in [-0.4, -0.2) is 27.9 Å². The molecule has 32 heavy (non-hydrogen) atoms. The Balaban J connectivity index is 1.73. The van der Waals surface area contributed by atoms with Crippen LogP contribution in [-0.2, 0) is 13.1 Å². The van der Waals surface area contributed by atoms with Crippen molar-refractivity contribution < 1.29 is 9.84 Å². The second-order valence-corrected chi connectivity index (χ2v) is 9.41. The molecule has 0 aliphatic rings. The highest BCUT2D eigenvalue weighted by molar-refractivity contribution is 6.31. The van der Waals surface area contributed by atoms with Crippen molar-refractivity contribution in [2.24, 2.45) is 0 Å². The highest BCUT2D eigenvalue weighted by atomic mass is 35.5. The van der Waals surface area contributed by atoms with Gasteiger partial charge >= 0.3 is 0 Å². The molecule has 1 unspecified atom stereocenters. The second-order valence-electron chi connectivity index (χ2n) is 8.98. The van der Waals surface area contributed by atoms with Crippen molar-refractivity contribution in [2.45, 2.75) is 64.8 Å². The van der Waals surface area contributed by atoms with Crippen LogP contribution in [0.1, 0.15) is 45.6 Å². The van der Waals surface area contributed by atoms with E-state index in [-0.39, 0.29) is 11.6 Å². The Hall–Kier alpha value is -2.34. The highest BCUT2D eigenvalue weighted by Gasteiger charge is 2.14. The Labute approximate surface area is 195 Å². The molecule has 0 saturated carbocycles. The number of ether oxygens (including phenoxy) is 1. The van der Waals surface area contributed by atoms with E-state index in [2.05, 4.69) is 12.2 Å². The van der Waals surface area contributed by atoms with Gasteiger partial charge in [0.25, 0.3) is 5.56 Å². The van der Waals surface area contributed by atoms with Crippen molar-refractivity contribution in [2.75, 3.05) is 6.61 Å². The molecule has 6 heteroatoms. The summed E-state index contributed by atoms with van der Waals surface area (Å²) < 4.78 is 7.58. The lowest BCUT2D eigenvalue weighted by atomic mass is 10.00. The van der Waals surface area contributed by atoms with E-state index >= 15 is 0 Å². The summed E-state index contributed by atoms with van der Waals surface area (Å²) >= 11 is 6.22. The van der Waals surface area contributed by atoms with Crippen LogP contribution in [0.4, 0.5) is 0 Å². The van der Waals surface area contributed by atoms with Crippen LogP contribution in [0.5, 0.6) is 5.75 Å². The molecule has 0 fully saturated rings. The van der Waals surface area contributed by atoms with E-state index < -0.39 is 5.60 Å². The van der Waals surface area contributed by atoms with Gasteiger partial charge in [0.1, 0.15) is 12.4 Å². The molecule has 1 atom stereocenters. The normalized spacial score (nSPS) is 12.8. The van der Waals surface area contributed by atoms with Gasteiger partial charge in [-0.25, -0.2) is 0 Å². The maximum Gasteiger partial charge on any atom is 0.255 e. The van der Waals surface area contributed by atoms with Gasteiger partial charge in [-0.3, -0.25) is 4.79 Å². The molecule has 3 rings (SSSR count). The molecule has 3 aromatic rings. The molecule has 172 valence electrons. The summed E-state index contributed by atoms with van der Waals surface area (Å²) in [5.74, 6) is 0.778. The van der Waals surface area contributed by atoms with Crippen molar-refractivity contribution >= 4 is 22.5 Å². The summed E-state index contributed by atoms with van der Waals surface area (Å²) in [6, 6.07) is 17.4. The van der Waals surface area contributed by atoms with Gasteiger partial charge in [-0.15, -0.1) is 0 Å². The molecule has 1 aromatic heterocycles. The quantitative estimate of drug-likeness (QED) is 0.418. The number of fused-ring (bicyclic) bond motifs is 1. The number of hydrogen-bond acceptors (Lipinski definition) is 4.